The lowest BCUT2D eigenvalue weighted by Crippen LogP contribution is -2.01. The Morgan fingerprint density at radius 1 is 1.75 bits per heavy atom. The molecule has 1 aliphatic rings. The van der Waals surface area contributed by atoms with Crippen LogP contribution in [0.1, 0.15) is 6.42 Å². The van der Waals surface area contributed by atoms with Gasteiger partial charge in [-0.05, 0) is 12.2 Å². The molecule has 0 saturated carbocycles. The molecule has 0 aromatic heterocycles. The van der Waals surface area contributed by atoms with Crippen LogP contribution in [-0.4, -0.2) is 11.3 Å². The molecule has 0 N–H and O–H groups in total. The number of alkyl halides is 1. The largest absolute Gasteiger partial charge is 0.234 e. The molecular weight excluding hydrogens is 123 g/mol. The van der Waals surface area contributed by atoms with Gasteiger partial charge in [0.2, 0.25) is 0 Å². The molecule has 1 saturated heterocycles. The molecule has 0 amide bonds. The average Bonchev–Trinajstić information content (AvgIpc) is 2.14. The van der Waals surface area contributed by atoms with Gasteiger partial charge >= 0.3 is 0 Å². The van der Waals surface area contributed by atoms with E-state index in [-0.39, 0.29) is 5.92 Å². The molecule has 0 bridgehead atoms. The fraction of sp³-hybridized carbons (Fsp3) is 0.667. The van der Waals surface area contributed by atoms with E-state index in [1.165, 1.54) is 11.8 Å². The highest BCUT2D eigenvalue weighted by Crippen LogP contribution is 2.32. The molecular formula is C6H7FS. The van der Waals surface area contributed by atoms with E-state index < -0.39 is 5.50 Å². The molecule has 1 fully saturated rings. The maximum Gasteiger partial charge on any atom is 0.159 e. The summed E-state index contributed by atoms with van der Waals surface area (Å²) >= 11 is 1.32. The zero-order valence-corrected chi connectivity index (χ0v) is 5.25. The molecule has 44 valence electrons. The van der Waals surface area contributed by atoms with Crippen molar-refractivity contribution in [1.29, 1.82) is 0 Å². The maximum atomic E-state index is 12.4. The summed E-state index contributed by atoms with van der Waals surface area (Å²) in [6.45, 7) is 0. The molecule has 0 aromatic carbocycles. The molecule has 0 aromatic rings. The molecule has 1 rings (SSSR count). The van der Waals surface area contributed by atoms with Crippen LogP contribution < -0.4 is 0 Å². The monoisotopic (exact) mass is 130 g/mol. The highest BCUT2D eigenvalue weighted by molar-refractivity contribution is 8.00. The quantitative estimate of drug-likeness (QED) is 0.449. The van der Waals surface area contributed by atoms with Crippen molar-refractivity contribution in [2.45, 2.75) is 11.9 Å². The van der Waals surface area contributed by atoms with E-state index in [1.807, 2.05) is 0 Å². The van der Waals surface area contributed by atoms with E-state index in [0.717, 1.165) is 12.2 Å². The number of hydrogen-bond acceptors (Lipinski definition) is 1. The van der Waals surface area contributed by atoms with Gasteiger partial charge in [-0.3, -0.25) is 0 Å². The van der Waals surface area contributed by atoms with E-state index in [2.05, 4.69) is 5.92 Å². The first-order valence-electron chi connectivity index (χ1n) is 2.56. The topological polar surface area (TPSA) is 0 Å². The Balaban J connectivity index is 2.45. The van der Waals surface area contributed by atoms with E-state index in [0.29, 0.717) is 0 Å². The first-order valence-corrected chi connectivity index (χ1v) is 3.61. The van der Waals surface area contributed by atoms with Crippen molar-refractivity contribution in [3.05, 3.63) is 0 Å². The molecule has 2 atom stereocenters. The summed E-state index contributed by atoms with van der Waals surface area (Å²) in [6.07, 6.45) is 5.87. The lowest BCUT2D eigenvalue weighted by molar-refractivity contribution is 0.389. The zero-order valence-electron chi connectivity index (χ0n) is 4.43. The first-order chi connectivity index (χ1) is 3.84. The van der Waals surface area contributed by atoms with Gasteiger partial charge in [0, 0.05) is 0 Å². The van der Waals surface area contributed by atoms with Gasteiger partial charge in [-0.15, -0.1) is 18.2 Å². The molecule has 1 aliphatic heterocycles. The van der Waals surface area contributed by atoms with E-state index in [4.69, 9.17) is 6.42 Å². The van der Waals surface area contributed by atoms with Crippen molar-refractivity contribution < 1.29 is 4.39 Å². The minimum atomic E-state index is -0.792. The van der Waals surface area contributed by atoms with Crippen LogP contribution in [0, 0.1) is 18.3 Å². The minimum Gasteiger partial charge on any atom is -0.234 e. The Hall–Kier alpha value is -0.160. The van der Waals surface area contributed by atoms with Crippen molar-refractivity contribution in [3.8, 4) is 12.3 Å². The van der Waals surface area contributed by atoms with Gasteiger partial charge < -0.3 is 0 Å². The van der Waals surface area contributed by atoms with Gasteiger partial charge in [0.1, 0.15) is 0 Å². The second-order valence-corrected chi connectivity index (χ2v) is 2.98. The standard InChI is InChI=1S/C6H7FS/c1-2-5-3-4-8-6(5)7/h1,5-6H,3-4H2. The first kappa shape index (κ1) is 5.97. The number of rotatable bonds is 0. The smallest absolute Gasteiger partial charge is 0.159 e. The molecule has 0 nitrogen and oxygen atoms in total. The van der Waals surface area contributed by atoms with Crippen molar-refractivity contribution in [3.63, 3.8) is 0 Å². The second kappa shape index (κ2) is 2.41. The molecule has 0 radical (unpaired) electrons. The minimum absolute atomic E-state index is 0.111. The van der Waals surface area contributed by atoms with Crippen LogP contribution in [0.25, 0.3) is 0 Å². The van der Waals surface area contributed by atoms with Crippen molar-refractivity contribution in [2.24, 2.45) is 5.92 Å². The Bertz CT molecular complexity index is 116. The molecule has 0 spiro atoms. The van der Waals surface area contributed by atoms with Crippen LogP contribution >= 0.6 is 11.8 Å². The predicted octanol–water partition coefficient (Wildman–Crippen LogP) is 1.67. The normalized spacial score (nSPS) is 37.0. The Kier molecular flexibility index (Phi) is 1.80. The predicted molar refractivity (Wildman–Crippen MR) is 34.3 cm³/mol. The average molecular weight is 130 g/mol. The van der Waals surface area contributed by atoms with Gasteiger partial charge in [-0.1, -0.05) is 5.92 Å². The van der Waals surface area contributed by atoms with Crippen LogP contribution in [0.15, 0.2) is 0 Å². The van der Waals surface area contributed by atoms with E-state index in [1.54, 1.807) is 0 Å². The number of halogens is 1. The third-order valence-corrected chi connectivity index (χ3v) is 2.35. The van der Waals surface area contributed by atoms with Gasteiger partial charge in [0.25, 0.3) is 0 Å². The van der Waals surface area contributed by atoms with Crippen LogP contribution in [0.2, 0.25) is 0 Å². The van der Waals surface area contributed by atoms with Crippen LogP contribution in [0.4, 0.5) is 4.39 Å². The summed E-state index contributed by atoms with van der Waals surface area (Å²) in [6, 6.07) is 0. The van der Waals surface area contributed by atoms with Crippen molar-refractivity contribution >= 4 is 11.8 Å². The van der Waals surface area contributed by atoms with Gasteiger partial charge in [-0.2, -0.15) is 0 Å². The summed E-state index contributed by atoms with van der Waals surface area (Å²) in [5, 5.41) is 0. The zero-order chi connectivity index (χ0) is 5.98. The summed E-state index contributed by atoms with van der Waals surface area (Å²) < 4.78 is 12.4. The van der Waals surface area contributed by atoms with Gasteiger partial charge in [0.05, 0.1) is 5.92 Å². The van der Waals surface area contributed by atoms with Gasteiger partial charge in [-0.25, -0.2) is 4.39 Å². The lowest BCUT2D eigenvalue weighted by atomic mass is 10.1. The summed E-state index contributed by atoms with van der Waals surface area (Å²) in [4.78, 5) is 0. The summed E-state index contributed by atoms with van der Waals surface area (Å²) in [5.74, 6) is 3.19. The third kappa shape index (κ3) is 0.976. The van der Waals surface area contributed by atoms with E-state index in [9.17, 15) is 4.39 Å². The highest BCUT2D eigenvalue weighted by atomic mass is 32.2. The lowest BCUT2D eigenvalue weighted by Gasteiger charge is -1.99. The number of terminal acetylenes is 1. The fourth-order valence-corrected chi connectivity index (χ4v) is 1.78. The van der Waals surface area contributed by atoms with Crippen LogP contribution in [0.5, 0.6) is 0 Å². The highest BCUT2D eigenvalue weighted by Gasteiger charge is 2.25. The number of thioether (sulfide) groups is 1. The SMILES string of the molecule is C#CC1CCSC1F. The maximum absolute atomic E-state index is 12.4. The van der Waals surface area contributed by atoms with Crippen molar-refractivity contribution in [2.75, 3.05) is 5.75 Å². The van der Waals surface area contributed by atoms with Crippen LogP contribution in [0.3, 0.4) is 0 Å². The van der Waals surface area contributed by atoms with Gasteiger partial charge in [0.15, 0.2) is 5.50 Å². The summed E-state index contributed by atoms with van der Waals surface area (Å²) in [5.41, 5.74) is -0.792. The molecule has 0 aliphatic carbocycles. The molecule has 2 heteroatoms. The second-order valence-electron chi connectivity index (χ2n) is 1.78. The Morgan fingerprint density at radius 2 is 2.50 bits per heavy atom. The Labute approximate surface area is 52.8 Å². The van der Waals surface area contributed by atoms with Crippen molar-refractivity contribution in [1.82, 2.24) is 0 Å². The Morgan fingerprint density at radius 3 is 2.75 bits per heavy atom. The fourth-order valence-electron chi connectivity index (χ4n) is 0.714. The summed E-state index contributed by atoms with van der Waals surface area (Å²) in [7, 11) is 0. The molecule has 1 heterocycles. The van der Waals surface area contributed by atoms with Crippen LogP contribution in [-0.2, 0) is 0 Å². The number of hydrogen-bond donors (Lipinski definition) is 0. The molecule has 8 heavy (non-hydrogen) atoms. The van der Waals surface area contributed by atoms with E-state index >= 15 is 0 Å². The molecule has 2 unspecified atom stereocenters. The third-order valence-electron chi connectivity index (χ3n) is 1.24.